The number of likely N-dealkylation sites (tertiary alicyclic amines) is 2. The van der Waals surface area contributed by atoms with Crippen molar-refractivity contribution >= 4 is 29.7 Å². The van der Waals surface area contributed by atoms with Gasteiger partial charge in [-0.1, -0.05) is 14.0 Å². The molecule has 0 aromatic carbocycles. The van der Waals surface area contributed by atoms with Gasteiger partial charge in [0.1, 0.15) is 0 Å². The monoisotopic (exact) mass is 694 g/mol. The molecular weight excluding hydrogens is 622 g/mol. The molecule has 0 aromatic heterocycles. The Balaban J connectivity index is -0.000000157. The van der Waals surface area contributed by atoms with Crippen LogP contribution in [-0.4, -0.2) is 141 Å². The number of carbonyl (C=O) groups excluding carboxylic acids is 5. The van der Waals surface area contributed by atoms with Gasteiger partial charge in [0.15, 0.2) is 0 Å². The number of methoxy groups -OCH3 is 2. The number of quaternary nitrogens is 1. The summed E-state index contributed by atoms with van der Waals surface area (Å²) in [6.07, 6.45) is 10.5. The minimum atomic E-state index is -1.08. The average molecular weight is 694 g/mol. The summed E-state index contributed by atoms with van der Waals surface area (Å²) in [4.78, 5) is 55.6. The molecule has 2 amide bonds. The molecule has 48 heavy (non-hydrogen) atoms. The molecule has 0 aliphatic carbocycles. The van der Waals surface area contributed by atoms with Gasteiger partial charge in [0.2, 0.25) is 11.8 Å². The van der Waals surface area contributed by atoms with Crippen LogP contribution in [0.1, 0.15) is 72.1 Å². The van der Waals surface area contributed by atoms with E-state index in [2.05, 4.69) is 37.7 Å². The Bertz CT molecular complexity index is 729. The molecule has 15 nitrogen and oxygen atoms in total. The third kappa shape index (κ3) is 42.9. The van der Waals surface area contributed by atoms with Crippen molar-refractivity contribution in [3.63, 3.8) is 0 Å². The highest BCUT2D eigenvalue weighted by Crippen LogP contribution is 2.08. The van der Waals surface area contributed by atoms with Gasteiger partial charge in [-0.25, -0.2) is 4.79 Å². The molecule has 3 rings (SSSR count). The summed E-state index contributed by atoms with van der Waals surface area (Å²) in [5.74, 6) is -1.01. The highest BCUT2D eigenvalue weighted by molar-refractivity contribution is 5.81. The van der Waals surface area contributed by atoms with Crippen molar-refractivity contribution in [2.24, 2.45) is 5.73 Å². The summed E-state index contributed by atoms with van der Waals surface area (Å²) < 4.78 is 8.52. The molecule has 15 heteroatoms. The summed E-state index contributed by atoms with van der Waals surface area (Å²) in [5.41, 5.74) is 4.50. The minimum Gasteiger partial charge on any atom is -0.550 e. The Labute approximate surface area is 291 Å². The predicted octanol–water partition coefficient (Wildman–Crippen LogP) is -1.14. The van der Waals surface area contributed by atoms with E-state index in [9.17, 15) is 19.2 Å². The van der Waals surface area contributed by atoms with E-state index in [4.69, 9.17) is 9.90 Å². The normalized spacial score (nSPS) is 13.4. The number of hydrogen-bond acceptors (Lipinski definition) is 12. The summed E-state index contributed by atoms with van der Waals surface area (Å²) in [6, 6.07) is 0. The maximum absolute atomic E-state index is 11.3. The number of ether oxygens (including phenoxy) is 2. The Morgan fingerprint density at radius 1 is 0.812 bits per heavy atom. The number of carbonyl (C=O) groups is 5. The number of carboxylic acid groups (broad SMARTS) is 1. The van der Waals surface area contributed by atoms with E-state index in [0.29, 0.717) is 37.6 Å². The number of hydrogen-bond donors (Lipinski definition) is 5. The fourth-order valence-corrected chi connectivity index (χ4v) is 3.79. The number of nitrogens with one attached hydrogen (secondary N) is 3. The maximum atomic E-state index is 11.3. The Morgan fingerprint density at radius 3 is 1.48 bits per heavy atom. The van der Waals surface area contributed by atoms with Crippen LogP contribution >= 0.6 is 0 Å². The SMILES string of the molecule is C.C1CCNC1.C=CC(=O)OC.CC(=O)[O-].CN.CNCCC(=O)N1CCCC1.CNCCC(=O)OC.C[NH2+]CCC(=O)N1CCCC1. The zero-order valence-corrected chi connectivity index (χ0v) is 30.3. The molecule has 7 N–H and O–H groups in total. The molecule has 286 valence electrons. The minimum absolute atomic E-state index is 0. The van der Waals surface area contributed by atoms with Gasteiger partial charge >= 0.3 is 11.9 Å². The van der Waals surface area contributed by atoms with Gasteiger partial charge in [0, 0.05) is 57.7 Å². The van der Waals surface area contributed by atoms with Crippen molar-refractivity contribution in [1.82, 2.24) is 25.8 Å². The van der Waals surface area contributed by atoms with Crippen molar-refractivity contribution < 1.29 is 43.9 Å². The van der Waals surface area contributed by atoms with Crippen LogP contribution in [-0.2, 0) is 33.4 Å². The van der Waals surface area contributed by atoms with E-state index in [-0.39, 0.29) is 13.4 Å². The summed E-state index contributed by atoms with van der Waals surface area (Å²) >= 11 is 0. The van der Waals surface area contributed by atoms with Gasteiger partial charge < -0.3 is 56.2 Å². The second-order valence-electron chi connectivity index (χ2n) is 10.1. The average Bonchev–Trinajstić information content (AvgIpc) is 3.92. The highest BCUT2D eigenvalue weighted by atomic mass is 16.5. The number of amides is 2. The third-order valence-electron chi connectivity index (χ3n) is 6.29. The number of rotatable bonds is 10. The fraction of sp³-hybridized carbons (Fsp3) is 0.788. The second-order valence-corrected chi connectivity index (χ2v) is 10.1. The van der Waals surface area contributed by atoms with Crippen LogP contribution in [0.4, 0.5) is 0 Å². The molecule has 3 fully saturated rings. The number of nitrogens with two attached hydrogens (primary N) is 2. The van der Waals surface area contributed by atoms with E-state index >= 15 is 0 Å². The van der Waals surface area contributed by atoms with Crippen LogP contribution in [0.3, 0.4) is 0 Å². The lowest BCUT2D eigenvalue weighted by Gasteiger charge is -2.14. The molecule has 0 unspecified atom stereocenters. The van der Waals surface area contributed by atoms with Gasteiger partial charge in [0.25, 0.3) is 0 Å². The first kappa shape index (κ1) is 54.3. The van der Waals surface area contributed by atoms with E-state index in [1.807, 2.05) is 29.2 Å². The van der Waals surface area contributed by atoms with Crippen LogP contribution in [0, 0.1) is 0 Å². The van der Waals surface area contributed by atoms with Crippen LogP contribution in [0.2, 0.25) is 0 Å². The number of aliphatic carboxylic acids is 1. The van der Waals surface area contributed by atoms with Crippen molar-refractivity contribution in [3.8, 4) is 0 Å². The van der Waals surface area contributed by atoms with Crippen molar-refractivity contribution in [3.05, 3.63) is 12.7 Å². The van der Waals surface area contributed by atoms with Crippen LogP contribution < -0.4 is 32.1 Å². The van der Waals surface area contributed by atoms with Crippen LogP contribution in [0.15, 0.2) is 12.7 Å². The molecule has 3 saturated heterocycles. The molecule has 0 spiro atoms. The lowest BCUT2D eigenvalue weighted by Crippen LogP contribution is -2.80. The van der Waals surface area contributed by atoms with Crippen LogP contribution in [0.5, 0.6) is 0 Å². The summed E-state index contributed by atoms with van der Waals surface area (Å²) in [6.45, 7) is 13.0. The number of nitrogens with zero attached hydrogens (tertiary/aromatic N) is 2. The molecule has 3 aliphatic rings. The zero-order chi connectivity index (χ0) is 36.7. The molecule has 0 aromatic rings. The molecule has 3 heterocycles. The van der Waals surface area contributed by atoms with Gasteiger partial charge in [0.05, 0.1) is 40.7 Å². The maximum Gasteiger partial charge on any atom is 0.329 e. The van der Waals surface area contributed by atoms with Gasteiger partial charge in [-0.15, -0.1) is 0 Å². The van der Waals surface area contributed by atoms with Crippen molar-refractivity contribution in [1.29, 1.82) is 0 Å². The second kappa shape index (κ2) is 43.9. The molecular formula is C33H71N7O8. The lowest BCUT2D eigenvalue weighted by molar-refractivity contribution is -0.625. The standard InChI is InChI=1S/2C8H16N2O.C5H11NO2.C4H9N.C4H6O2.C2H4O2.CH5N.CH4/c2*1-9-5-4-8(11)10-6-2-3-7-10;1-6-4-3-5(7)8-2;1-2-4-5-3-1;1-3-4(5)6-2;1-2(3)4;1-2;/h2*9H,2-7H2,1H3;6H,3-4H2,1-2H3;5H,1-4H2;3H,1H2,2H3;1H3,(H,3,4);2H2,1H3;1H4. The van der Waals surface area contributed by atoms with E-state index in [1.54, 1.807) is 7.05 Å². The molecule has 3 aliphatic heterocycles. The highest BCUT2D eigenvalue weighted by Gasteiger charge is 2.17. The Morgan fingerprint density at radius 2 is 1.21 bits per heavy atom. The van der Waals surface area contributed by atoms with Gasteiger partial charge in [-0.2, -0.15) is 0 Å². The number of carboxylic acids is 1. The summed E-state index contributed by atoms with van der Waals surface area (Å²) in [7, 11) is 9.86. The van der Waals surface area contributed by atoms with Crippen molar-refractivity contribution in [2.45, 2.75) is 72.1 Å². The predicted molar refractivity (Wildman–Crippen MR) is 190 cm³/mol. The smallest absolute Gasteiger partial charge is 0.329 e. The lowest BCUT2D eigenvalue weighted by atomic mass is 10.4. The first-order valence-corrected chi connectivity index (χ1v) is 16.4. The Kier molecular flexibility index (Phi) is 49.7. The third-order valence-corrected chi connectivity index (χ3v) is 6.29. The molecule has 0 saturated carbocycles. The van der Waals surface area contributed by atoms with E-state index in [0.717, 1.165) is 52.3 Å². The van der Waals surface area contributed by atoms with Crippen LogP contribution in [0.25, 0.3) is 0 Å². The zero-order valence-electron chi connectivity index (χ0n) is 30.3. The van der Waals surface area contributed by atoms with Gasteiger partial charge in [-0.05, 0) is 79.7 Å². The molecule has 0 bridgehead atoms. The topological polar surface area (TPSA) is 212 Å². The number of esters is 2. The van der Waals surface area contributed by atoms with E-state index < -0.39 is 11.9 Å². The molecule has 0 radical (unpaired) electrons. The van der Waals surface area contributed by atoms with Gasteiger partial charge in [-0.3, -0.25) is 14.4 Å². The first-order chi connectivity index (χ1) is 22.5. The first-order valence-electron chi connectivity index (χ1n) is 16.4. The van der Waals surface area contributed by atoms with E-state index in [1.165, 1.54) is 72.9 Å². The quantitative estimate of drug-likeness (QED) is 0.136. The Hall–Kier alpha value is -3.11. The largest absolute Gasteiger partial charge is 0.550 e. The van der Waals surface area contributed by atoms with Crippen molar-refractivity contribution in [2.75, 3.05) is 101 Å². The summed E-state index contributed by atoms with van der Waals surface area (Å²) in [5, 5.41) is 20.0. The molecule has 0 atom stereocenters. The fourth-order valence-electron chi connectivity index (χ4n) is 3.79.